The minimum absolute atomic E-state index is 0.0141. The maximum Gasteiger partial charge on any atom is 0.180 e. The quantitative estimate of drug-likeness (QED) is 0.837. The summed E-state index contributed by atoms with van der Waals surface area (Å²) in [6.45, 7) is 3.88. The Morgan fingerprint density at radius 2 is 2.06 bits per heavy atom. The van der Waals surface area contributed by atoms with Crippen LogP contribution in [0.5, 0.6) is 0 Å². The number of hydrogen-bond acceptors (Lipinski definition) is 4. The first kappa shape index (κ1) is 14.3. The number of hydrogen-bond donors (Lipinski definition) is 1. The van der Waals surface area contributed by atoms with E-state index in [0.29, 0.717) is 5.69 Å². The second-order valence-electron chi connectivity index (χ2n) is 3.92. The number of nitrogens with two attached hydrogens (primary N) is 1. The van der Waals surface area contributed by atoms with Gasteiger partial charge in [-0.05, 0) is 32.0 Å². The molecule has 0 aliphatic carbocycles. The highest BCUT2D eigenvalue weighted by Crippen LogP contribution is 2.23. The summed E-state index contributed by atoms with van der Waals surface area (Å²) in [6.07, 6.45) is 0.0141. The zero-order valence-electron chi connectivity index (χ0n) is 9.81. The Kier molecular flexibility index (Phi) is 4.80. The van der Waals surface area contributed by atoms with Gasteiger partial charge in [-0.25, -0.2) is 8.42 Å². The van der Waals surface area contributed by atoms with E-state index in [9.17, 15) is 8.42 Å². The molecule has 2 N–H and O–H groups in total. The van der Waals surface area contributed by atoms with E-state index >= 15 is 0 Å². The SMILES string of the molecule is CC(C)OCCS(=O)(=O)c1ccc(N)c(Cl)c1. The van der Waals surface area contributed by atoms with Crippen molar-refractivity contribution < 1.29 is 13.2 Å². The largest absolute Gasteiger partial charge is 0.398 e. The van der Waals surface area contributed by atoms with Crippen LogP contribution in [0.3, 0.4) is 0 Å². The van der Waals surface area contributed by atoms with Gasteiger partial charge in [0.05, 0.1) is 34.1 Å². The Hall–Kier alpha value is -0.780. The molecule has 0 aromatic heterocycles. The lowest BCUT2D eigenvalue weighted by Gasteiger charge is -2.09. The lowest BCUT2D eigenvalue weighted by molar-refractivity contribution is 0.0912. The van der Waals surface area contributed by atoms with Crippen molar-refractivity contribution in [2.24, 2.45) is 0 Å². The molecule has 0 unspecified atom stereocenters. The van der Waals surface area contributed by atoms with Crippen LogP contribution in [0.4, 0.5) is 5.69 Å². The number of anilines is 1. The van der Waals surface area contributed by atoms with E-state index in [1.54, 1.807) is 0 Å². The molecule has 1 rings (SSSR count). The lowest BCUT2D eigenvalue weighted by Crippen LogP contribution is -2.15. The highest BCUT2D eigenvalue weighted by atomic mass is 35.5. The van der Waals surface area contributed by atoms with Crippen LogP contribution in [0, 0.1) is 0 Å². The van der Waals surface area contributed by atoms with Crippen molar-refractivity contribution in [3.63, 3.8) is 0 Å². The molecule has 0 aliphatic rings. The highest BCUT2D eigenvalue weighted by Gasteiger charge is 2.15. The maximum atomic E-state index is 11.9. The van der Waals surface area contributed by atoms with Crippen LogP contribution < -0.4 is 5.73 Å². The van der Waals surface area contributed by atoms with Gasteiger partial charge >= 0.3 is 0 Å². The van der Waals surface area contributed by atoms with Gasteiger partial charge in [-0.2, -0.15) is 0 Å². The number of nitrogen functional groups attached to an aromatic ring is 1. The second-order valence-corrected chi connectivity index (χ2v) is 6.44. The maximum absolute atomic E-state index is 11.9. The van der Waals surface area contributed by atoms with E-state index in [-0.39, 0.29) is 28.4 Å². The minimum atomic E-state index is -3.36. The Labute approximate surface area is 107 Å². The molecule has 0 heterocycles. The molecule has 1 aromatic carbocycles. The summed E-state index contributed by atoms with van der Waals surface area (Å²) in [5.74, 6) is -0.0641. The van der Waals surface area contributed by atoms with E-state index in [4.69, 9.17) is 22.1 Å². The fourth-order valence-electron chi connectivity index (χ4n) is 1.21. The summed E-state index contributed by atoms with van der Waals surface area (Å²) in [4.78, 5) is 0.170. The smallest absolute Gasteiger partial charge is 0.180 e. The summed E-state index contributed by atoms with van der Waals surface area (Å²) in [5, 5.41) is 0.246. The van der Waals surface area contributed by atoms with Gasteiger partial charge in [-0.1, -0.05) is 11.6 Å². The highest BCUT2D eigenvalue weighted by molar-refractivity contribution is 7.91. The molecule has 1 aromatic rings. The van der Waals surface area contributed by atoms with Gasteiger partial charge in [0, 0.05) is 0 Å². The number of rotatable bonds is 5. The molecule has 0 saturated heterocycles. The average Bonchev–Trinajstić information content (AvgIpc) is 2.21. The van der Waals surface area contributed by atoms with Gasteiger partial charge in [0.1, 0.15) is 0 Å². The van der Waals surface area contributed by atoms with Gasteiger partial charge in [-0.3, -0.25) is 0 Å². The molecule has 0 aliphatic heterocycles. The summed E-state index contributed by atoms with van der Waals surface area (Å²) in [5.41, 5.74) is 5.89. The number of sulfone groups is 1. The van der Waals surface area contributed by atoms with Crippen LogP contribution in [0.25, 0.3) is 0 Å². The molecule has 0 bridgehead atoms. The van der Waals surface area contributed by atoms with Crippen LogP contribution >= 0.6 is 11.6 Å². The van der Waals surface area contributed by atoms with Gasteiger partial charge in [0.15, 0.2) is 9.84 Å². The van der Waals surface area contributed by atoms with Gasteiger partial charge in [0.25, 0.3) is 0 Å². The molecule has 0 spiro atoms. The number of benzene rings is 1. The van der Waals surface area contributed by atoms with E-state index < -0.39 is 9.84 Å². The zero-order valence-corrected chi connectivity index (χ0v) is 11.4. The molecule has 0 fully saturated rings. The first-order chi connectivity index (χ1) is 7.83. The fourth-order valence-corrected chi connectivity index (χ4v) is 2.58. The molecule has 4 nitrogen and oxygen atoms in total. The Morgan fingerprint density at radius 1 is 1.41 bits per heavy atom. The summed E-state index contributed by atoms with van der Waals surface area (Å²) >= 11 is 5.78. The van der Waals surface area contributed by atoms with Gasteiger partial charge in [-0.15, -0.1) is 0 Å². The average molecular weight is 278 g/mol. The third-order valence-corrected chi connectivity index (χ3v) is 4.14. The van der Waals surface area contributed by atoms with Crippen molar-refractivity contribution in [1.29, 1.82) is 0 Å². The van der Waals surface area contributed by atoms with E-state index in [1.165, 1.54) is 18.2 Å². The molecule has 6 heteroatoms. The fraction of sp³-hybridized carbons (Fsp3) is 0.455. The summed E-state index contributed by atoms with van der Waals surface area (Å²) in [7, 11) is -3.36. The van der Waals surface area contributed by atoms with Crippen LogP contribution in [0.1, 0.15) is 13.8 Å². The van der Waals surface area contributed by atoms with E-state index in [1.807, 2.05) is 13.8 Å². The van der Waals surface area contributed by atoms with E-state index in [0.717, 1.165) is 0 Å². The van der Waals surface area contributed by atoms with Crippen molar-refractivity contribution in [2.75, 3.05) is 18.1 Å². The topological polar surface area (TPSA) is 69.4 Å². The third-order valence-electron chi connectivity index (χ3n) is 2.13. The number of ether oxygens (including phenoxy) is 1. The lowest BCUT2D eigenvalue weighted by atomic mass is 10.3. The predicted molar refractivity (Wildman–Crippen MR) is 69.0 cm³/mol. The summed E-state index contributed by atoms with van der Waals surface area (Å²) in [6, 6.07) is 4.30. The van der Waals surface area contributed by atoms with Crippen LogP contribution in [0.15, 0.2) is 23.1 Å². The minimum Gasteiger partial charge on any atom is -0.398 e. The van der Waals surface area contributed by atoms with Crippen LogP contribution in [-0.4, -0.2) is 26.9 Å². The number of halogens is 1. The molecular weight excluding hydrogens is 262 g/mol. The standard InChI is InChI=1S/C11H16ClNO3S/c1-8(2)16-5-6-17(14,15)9-3-4-11(13)10(12)7-9/h3-4,7-8H,5-6,13H2,1-2H3. The molecule has 0 atom stereocenters. The third kappa shape index (κ3) is 4.18. The Bertz CT molecular complexity index is 485. The first-order valence-corrected chi connectivity index (χ1v) is 7.25. The van der Waals surface area contributed by atoms with Crippen molar-refractivity contribution >= 4 is 27.1 Å². The molecule has 0 amide bonds. The van der Waals surface area contributed by atoms with Crippen molar-refractivity contribution in [2.45, 2.75) is 24.8 Å². The molecule has 17 heavy (non-hydrogen) atoms. The van der Waals surface area contributed by atoms with Crippen molar-refractivity contribution in [3.05, 3.63) is 23.2 Å². The van der Waals surface area contributed by atoms with Gasteiger partial charge < -0.3 is 10.5 Å². The monoisotopic (exact) mass is 277 g/mol. The predicted octanol–water partition coefficient (Wildman–Crippen LogP) is 2.12. The Morgan fingerprint density at radius 3 is 2.59 bits per heavy atom. The van der Waals surface area contributed by atoms with E-state index in [2.05, 4.69) is 0 Å². The Balaban J connectivity index is 2.79. The molecule has 0 radical (unpaired) electrons. The van der Waals surface area contributed by atoms with Crippen LogP contribution in [0.2, 0.25) is 5.02 Å². The van der Waals surface area contributed by atoms with Crippen molar-refractivity contribution in [1.82, 2.24) is 0 Å². The molecular formula is C11H16ClNO3S. The van der Waals surface area contributed by atoms with Crippen LogP contribution in [-0.2, 0) is 14.6 Å². The summed E-state index contributed by atoms with van der Waals surface area (Å²) < 4.78 is 29.0. The van der Waals surface area contributed by atoms with Gasteiger partial charge in [0.2, 0.25) is 0 Å². The molecule has 0 saturated carbocycles. The normalized spacial score (nSPS) is 12.0. The first-order valence-electron chi connectivity index (χ1n) is 5.22. The zero-order chi connectivity index (χ0) is 13.1. The second kappa shape index (κ2) is 5.71. The molecule has 96 valence electrons. The van der Waals surface area contributed by atoms with Crippen molar-refractivity contribution in [3.8, 4) is 0 Å².